The fourth-order valence-corrected chi connectivity index (χ4v) is 1.89. The summed E-state index contributed by atoms with van der Waals surface area (Å²) in [6.45, 7) is 2.53. The van der Waals surface area contributed by atoms with Gasteiger partial charge in [-0.25, -0.2) is 0 Å². The maximum atomic E-state index is 12.3. The Morgan fingerprint density at radius 3 is 2.17 bits per heavy atom. The molecule has 0 aromatic heterocycles. The predicted molar refractivity (Wildman–Crippen MR) is 69.5 cm³/mol. The van der Waals surface area contributed by atoms with Crippen LogP contribution >= 0.6 is 0 Å². The predicted octanol–water partition coefficient (Wildman–Crippen LogP) is 2.56. The molecule has 100 valence electrons. The number of ether oxygens (including phenoxy) is 3. The Labute approximate surface area is 108 Å². The first-order chi connectivity index (χ1) is 8.63. The maximum absolute atomic E-state index is 12.3. The molecule has 18 heavy (non-hydrogen) atoms. The van der Waals surface area contributed by atoms with Gasteiger partial charge in [0.2, 0.25) is 0 Å². The molecule has 0 N–H and O–H groups in total. The molecule has 0 aliphatic carbocycles. The van der Waals surface area contributed by atoms with Gasteiger partial charge in [-0.1, -0.05) is 13.0 Å². The average Bonchev–Trinajstić information content (AvgIpc) is 2.37. The highest BCUT2D eigenvalue weighted by Crippen LogP contribution is 2.30. The maximum Gasteiger partial charge on any atom is 0.170 e. The van der Waals surface area contributed by atoms with Crippen molar-refractivity contribution in [2.45, 2.75) is 13.3 Å². The van der Waals surface area contributed by atoms with Crippen molar-refractivity contribution in [2.24, 2.45) is 5.92 Å². The zero-order valence-corrected chi connectivity index (χ0v) is 11.4. The molecule has 0 saturated carbocycles. The minimum Gasteiger partial charge on any atom is -0.496 e. The van der Waals surface area contributed by atoms with Crippen molar-refractivity contribution in [3.8, 4) is 11.5 Å². The van der Waals surface area contributed by atoms with E-state index in [2.05, 4.69) is 0 Å². The molecule has 1 unspecified atom stereocenters. The molecular weight excluding hydrogens is 232 g/mol. The standard InChI is InChI=1S/C14H20O4/c1-10(9-16-2)8-11(15)14-12(17-3)6-5-7-13(14)18-4/h5-7,10H,8-9H2,1-4H3. The molecule has 0 bridgehead atoms. The van der Waals surface area contributed by atoms with Gasteiger partial charge in [0.1, 0.15) is 17.1 Å². The third-order valence-electron chi connectivity index (χ3n) is 2.69. The van der Waals surface area contributed by atoms with Crippen LogP contribution in [0.1, 0.15) is 23.7 Å². The first-order valence-corrected chi connectivity index (χ1v) is 5.87. The molecule has 1 aromatic rings. The Bertz CT molecular complexity index is 379. The fourth-order valence-electron chi connectivity index (χ4n) is 1.89. The van der Waals surface area contributed by atoms with Gasteiger partial charge in [0.25, 0.3) is 0 Å². The minimum absolute atomic E-state index is 0.00819. The summed E-state index contributed by atoms with van der Waals surface area (Å²) in [5.74, 6) is 1.26. The number of rotatable bonds is 7. The number of hydrogen-bond donors (Lipinski definition) is 0. The Balaban J connectivity index is 2.96. The molecule has 0 radical (unpaired) electrons. The second kappa shape index (κ2) is 7.01. The number of Topliss-reactive ketones (excluding diaryl/α,β-unsaturated/α-hetero) is 1. The van der Waals surface area contributed by atoms with E-state index < -0.39 is 0 Å². The summed E-state index contributed by atoms with van der Waals surface area (Å²) in [5, 5.41) is 0. The minimum atomic E-state index is 0.00819. The first-order valence-electron chi connectivity index (χ1n) is 5.87. The van der Waals surface area contributed by atoms with Gasteiger partial charge in [0.05, 0.1) is 14.2 Å². The average molecular weight is 252 g/mol. The van der Waals surface area contributed by atoms with Crippen LogP contribution in [0, 0.1) is 5.92 Å². The van der Waals surface area contributed by atoms with Crippen LogP contribution in [-0.2, 0) is 4.74 Å². The summed E-state index contributed by atoms with van der Waals surface area (Å²) in [4.78, 5) is 12.3. The van der Waals surface area contributed by atoms with Crippen LogP contribution in [-0.4, -0.2) is 33.7 Å². The summed E-state index contributed by atoms with van der Waals surface area (Å²) in [6, 6.07) is 5.32. The number of ketones is 1. The monoisotopic (exact) mass is 252 g/mol. The summed E-state index contributed by atoms with van der Waals surface area (Å²) in [5.41, 5.74) is 0.505. The van der Waals surface area contributed by atoms with E-state index in [4.69, 9.17) is 14.2 Å². The lowest BCUT2D eigenvalue weighted by atomic mass is 9.99. The molecule has 4 nitrogen and oxygen atoms in total. The smallest absolute Gasteiger partial charge is 0.170 e. The lowest BCUT2D eigenvalue weighted by molar-refractivity contribution is 0.0914. The van der Waals surface area contributed by atoms with Gasteiger partial charge in [-0.2, -0.15) is 0 Å². The molecule has 0 aliphatic rings. The van der Waals surface area contributed by atoms with Crippen molar-refractivity contribution in [3.05, 3.63) is 23.8 Å². The molecule has 1 rings (SSSR count). The Hall–Kier alpha value is -1.55. The van der Waals surface area contributed by atoms with Crippen molar-refractivity contribution >= 4 is 5.78 Å². The van der Waals surface area contributed by atoms with Crippen LogP contribution in [0.15, 0.2) is 18.2 Å². The van der Waals surface area contributed by atoms with Crippen molar-refractivity contribution in [3.63, 3.8) is 0 Å². The van der Waals surface area contributed by atoms with Gasteiger partial charge < -0.3 is 14.2 Å². The third-order valence-corrected chi connectivity index (χ3v) is 2.69. The quantitative estimate of drug-likeness (QED) is 0.700. The van der Waals surface area contributed by atoms with Gasteiger partial charge in [0, 0.05) is 20.1 Å². The molecule has 0 fully saturated rings. The highest BCUT2D eigenvalue weighted by Gasteiger charge is 2.19. The SMILES string of the molecule is COCC(C)CC(=O)c1c(OC)cccc1OC. The van der Waals surface area contributed by atoms with Crippen LogP contribution in [0.2, 0.25) is 0 Å². The number of carbonyl (C=O) groups is 1. The van der Waals surface area contributed by atoms with Crippen molar-refractivity contribution in [1.29, 1.82) is 0 Å². The fraction of sp³-hybridized carbons (Fsp3) is 0.500. The first kappa shape index (κ1) is 14.5. The van der Waals surface area contributed by atoms with Gasteiger partial charge in [-0.05, 0) is 18.1 Å². The number of carbonyl (C=O) groups excluding carboxylic acids is 1. The molecule has 4 heteroatoms. The topological polar surface area (TPSA) is 44.8 Å². The van der Waals surface area contributed by atoms with Crippen LogP contribution in [0.4, 0.5) is 0 Å². The second-order valence-electron chi connectivity index (χ2n) is 4.23. The molecular formula is C14H20O4. The summed E-state index contributed by atoms with van der Waals surface area (Å²) < 4.78 is 15.5. The van der Waals surface area contributed by atoms with Crippen LogP contribution in [0.5, 0.6) is 11.5 Å². The molecule has 1 aromatic carbocycles. The van der Waals surface area contributed by atoms with Gasteiger partial charge >= 0.3 is 0 Å². The number of methoxy groups -OCH3 is 3. The Morgan fingerprint density at radius 1 is 1.17 bits per heavy atom. The molecule has 0 aliphatic heterocycles. The zero-order chi connectivity index (χ0) is 13.5. The van der Waals surface area contributed by atoms with Crippen LogP contribution in [0.3, 0.4) is 0 Å². The zero-order valence-electron chi connectivity index (χ0n) is 11.4. The van der Waals surface area contributed by atoms with E-state index in [1.165, 1.54) is 0 Å². The highest BCUT2D eigenvalue weighted by molar-refractivity contribution is 6.01. The van der Waals surface area contributed by atoms with Crippen LogP contribution < -0.4 is 9.47 Å². The Morgan fingerprint density at radius 2 is 1.72 bits per heavy atom. The molecule has 0 heterocycles. The largest absolute Gasteiger partial charge is 0.496 e. The lowest BCUT2D eigenvalue weighted by Gasteiger charge is -2.14. The molecule has 0 amide bonds. The van der Waals surface area contributed by atoms with E-state index >= 15 is 0 Å². The third kappa shape index (κ3) is 3.47. The van der Waals surface area contributed by atoms with Gasteiger partial charge in [-0.3, -0.25) is 4.79 Å². The summed E-state index contributed by atoms with van der Waals surface area (Å²) in [6.07, 6.45) is 0.407. The second-order valence-corrected chi connectivity index (χ2v) is 4.23. The lowest BCUT2D eigenvalue weighted by Crippen LogP contribution is -2.12. The van der Waals surface area contributed by atoms with E-state index in [1.807, 2.05) is 6.92 Å². The molecule has 0 spiro atoms. The van der Waals surface area contributed by atoms with Crippen molar-refractivity contribution < 1.29 is 19.0 Å². The number of benzene rings is 1. The van der Waals surface area contributed by atoms with Crippen LogP contribution in [0.25, 0.3) is 0 Å². The van der Waals surface area contributed by atoms with E-state index in [9.17, 15) is 4.79 Å². The molecule has 1 atom stereocenters. The van der Waals surface area contributed by atoms with E-state index in [0.717, 1.165) is 0 Å². The van der Waals surface area contributed by atoms with Gasteiger partial charge in [0.15, 0.2) is 5.78 Å². The number of hydrogen-bond acceptors (Lipinski definition) is 4. The van der Waals surface area contributed by atoms with E-state index in [0.29, 0.717) is 30.1 Å². The van der Waals surface area contributed by atoms with Gasteiger partial charge in [-0.15, -0.1) is 0 Å². The van der Waals surface area contributed by atoms with Crippen molar-refractivity contribution in [2.75, 3.05) is 27.9 Å². The normalized spacial score (nSPS) is 12.0. The summed E-state index contributed by atoms with van der Waals surface area (Å²) in [7, 11) is 4.72. The van der Waals surface area contributed by atoms with E-state index in [-0.39, 0.29) is 11.7 Å². The molecule has 0 saturated heterocycles. The van der Waals surface area contributed by atoms with Crippen molar-refractivity contribution in [1.82, 2.24) is 0 Å². The van der Waals surface area contributed by atoms with E-state index in [1.54, 1.807) is 39.5 Å². The highest BCUT2D eigenvalue weighted by atomic mass is 16.5. The Kier molecular flexibility index (Phi) is 5.65. The summed E-state index contributed by atoms with van der Waals surface area (Å²) >= 11 is 0.